The van der Waals surface area contributed by atoms with Crippen LogP contribution in [-0.4, -0.2) is 37.7 Å². The number of allylic oxidation sites excluding steroid dienone is 1. The highest BCUT2D eigenvalue weighted by molar-refractivity contribution is 6.32. The molecule has 3 amide bonds. The van der Waals surface area contributed by atoms with E-state index in [4.69, 9.17) is 25.8 Å². The Bertz CT molecular complexity index is 1100. The Hall–Kier alpha value is -3.72. The van der Waals surface area contributed by atoms with Crippen molar-refractivity contribution < 1.29 is 28.6 Å². The minimum absolute atomic E-state index is 0.151. The number of hydrogen-bond donors (Lipinski definition) is 3. The summed E-state index contributed by atoms with van der Waals surface area (Å²) in [5.74, 6) is -0.508. The number of nitrogens with one attached hydrogen (secondary N) is 3. The van der Waals surface area contributed by atoms with Crippen LogP contribution in [0.5, 0.6) is 11.5 Å². The van der Waals surface area contributed by atoms with E-state index >= 15 is 0 Å². The van der Waals surface area contributed by atoms with Gasteiger partial charge in [-0.05, 0) is 50.6 Å². The van der Waals surface area contributed by atoms with E-state index in [0.29, 0.717) is 29.1 Å². The quantitative estimate of drug-likeness (QED) is 0.461. The highest BCUT2D eigenvalue weighted by Crippen LogP contribution is 2.40. The van der Waals surface area contributed by atoms with Gasteiger partial charge in [-0.25, -0.2) is 9.59 Å². The monoisotopic (exact) mass is 487 g/mol. The van der Waals surface area contributed by atoms with Crippen LogP contribution >= 0.6 is 11.6 Å². The molecule has 3 N–H and O–H groups in total. The van der Waals surface area contributed by atoms with E-state index in [1.165, 1.54) is 0 Å². The van der Waals surface area contributed by atoms with Gasteiger partial charge in [0.05, 0.1) is 29.9 Å². The molecular weight excluding hydrogens is 462 g/mol. The second-order valence-corrected chi connectivity index (χ2v) is 7.65. The predicted octanol–water partition coefficient (Wildman–Crippen LogP) is 3.95. The molecule has 0 saturated heterocycles. The molecule has 0 bridgehead atoms. The van der Waals surface area contributed by atoms with Gasteiger partial charge in [0.2, 0.25) is 0 Å². The van der Waals surface area contributed by atoms with Gasteiger partial charge >= 0.3 is 12.0 Å². The minimum atomic E-state index is -0.812. The summed E-state index contributed by atoms with van der Waals surface area (Å²) in [6, 6.07) is 10.9. The highest BCUT2D eigenvalue weighted by Gasteiger charge is 2.32. The van der Waals surface area contributed by atoms with Crippen LogP contribution in [0.25, 0.3) is 0 Å². The Kier molecular flexibility index (Phi) is 8.37. The number of halogens is 1. The maximum absolute atomic E-state index is 13.2. The SMILES string of the molecule is CCOC(=O)COc1c(Cl)cc(C2NC(=O)NC(C)=C2C(=O)Nc2ccccc2)cc1OCC. The molecule has 34 heavy (non-hydrogen) atoms. The molecule has 1 unspecified atom stereocenters. The topological polar surface area (TPSA) is 115 Å². The number of ether oxygens (including phenoxy) is 3. The predicted molar refractivity (Wildman–Crippen MR) is 127 cm³/mol. The number of carbonyl (C=O) groups is 3. The normalized spacial score (nSPS) is 15.2. The molecule has 10 heteroatoms. The van der Waals surface area contributed by atoms with Crippen molar-refractivity contribution in [2.45, 2.75) is 26.8 Å². The number of urea groups is 1. The lowest BCUT2D eigenvalue weighted by molar-refractivity contribution is -0.145. The lowest BCUT2D eigenvalue weighted by Gasteiger charge is -2.29. The molecule has 0 saturated carbocycles. The summed E-state index contributed by atoms with van der Waals surface area (Å²) in [6.45, 7) is 5.30. The lowest BCUT2D eigenvalue weighted by Crippen LogP contribution is -2.46. The standard InChI is InChI=1S/C24H26ClN3O6/c1-4-32-18-12-15(11-17(25)22(18)34-13-19(29)33-5-2)21-20(14(3)26-24(31)28-21)23(30)27-16-9-7-6-8-10-16/h6-12,21H,4-5,13H2,1-3H3,(H,27,30)(H2,26,28,31). The molecule has 1 heterocycles. The lowest BCUT2D eigenvalue weighted by atomic mass is 9.94. The first-order valence-electron chi connectivity index (χ1n) is 10.7. The molecule has 2 aromatic rings. The van der Waals surface area contributed by atoms with E-state index in [-0.39, 0.29) is 29.7 Å². The van der Waals surface area contributed by atoms with Crippen molar-refractivity contribution in [1.29, 1.82) is 0 Å². The zero-order valence-corrected chi connectivity index (χ0v) is 19.8. The molecule has 1 aliphatic heterocycles. The van der Waals surface area contributed by atoms with E-state index in [9.17, 15) is 14.4 Å². The van der Waals surface area contributed by atoms with Gasteiger partial charge in [-0.2, -0.15) is 0 Å². The van der Waals surface area contributed by atoms with E-state index in [0.717, 1.165) is 0 Å². The van der Waals surface area contributed by atoms with Crippen LogP contribution in [0.3, 0.4) is 0 Å². The largest absolute Gasteiger partial charge is 0.490 e. The molecule has 0 aliphatic carbocycles. The first-order chi connectivity index (χ1) is 16.3. The van der Waals surface area contributed by atoms with Gasteiger partial charge < -0.3 is 30.2 Å². The first kappa shape index (κ1) is 24.9. The summed E-state index contributed by atoms with van der Waals surface area (Å²) < 4.78 is 16.1. The van der Waals surface area contributed by atoms with E-state index < -0.39 is 23.9 Å². The van der Waals surface area contributed by atoms with Gasteiger partial charge in [0.1, 0.15) is 0 Å². The molecule has 1 atom stereocenters. The molecule has 0 radical (unpaired) electrons. The van der Waals surface area contributed by atoms with Gasteiger partial charge in [-0.1, -0.05) is 29.8 Å². The first-order valence-corrected chi connectivity index (χ1v) is 11.1. The fraction of sp³-hybridized carbons (Fsp3) is 0.292. The van der Waals surface area contributed by atoms with Gasteiger partial charge in [0, 0.05) is 11.4 Å². The number of benzene rings is 2. The van der Waals surface area contributed by atoms with Crippen LogP contribution in [0, 0.1) is 0 Å². The number of esters is 1. The van der Waals surface area contributed by atoms with Gasteiger partial charge in [0.25, 0.3) is 5.91 Å². The fourth-order valence-corrected chi connectivity index (χ4v) is 3.73. The van der Waals surface area contributed by atoms with Crippen molar-refractivity contribution >= 4 is 35.2 Å². The number of hydrogen-bond acceptors (Lipinski definition) is 6. The van der Waals surface area contributed by atoms with E-state index in [2.05, 4.69) is 16.0 Å². The van der Waals surface area contributed by atoms with Crippen LogP contribution < -0.4 is 25.4 Å². The maximum Gasteiger partial charge on any atom is 0.344 e. The number of carbonyl (C=O) groups excluding carboxylic acids is 3. The Labute approximate surface area is 202 Å². The molecule has 0 aromatic heterocycles. The zero-order chi connectivity index (χ0) is 24.7. The summed E-state index contributed by atoms with van der Waals surface area (Å²) >= 11 is 6.48. The molecule has 3 rings (SSSR count). The number of para-hydroxylation sites is 1. The van der Waals surface area contributed by atoms with Gasteiger partial charge in [0.15, 0.2) is 18.1 Å². The van der Waals surface area contributed by atoms with Gasteiger partial charge in [-0.15, -0.1) is 0 Å². The third-order valence-electron chi connectivity index (χ3n) is 4.85. The Morgan fingerprint density at radius 3 is 2.50 bits per heavy atom. The average molecular weight is 488 g/mol. The van der Waals surface area contributed by atoms with Gasteiger partial charge in [-0.3, -0.25) is 4.79 Å². The smallest absolute Gasteiger partial charge is 0.344 e. The van der Waals surface area contributed by atoms with Crippen molar-refractivity contribution in [3.63, 3.8) is 0 Å². The summed E-state index contributed by atoms with van der Waals surface area (Å²) in [5, 5.41) is 8.39. The van der Waals surface area contributed by atoms with Crippen molar-refractivity contribution in [2.75, 3.05) is 25.1 Å². The molecule has 2 aromatic carbocycles. The molecule has 9 nitrogen and oxygen atoms in total. The molecule has 1 aliphatic rings. The molecule has 0 spiro atoms. The molecule has 180 valence electrons. The second-order valence-electron chi connectivity index (χ2n) is 7.25. The van der Waals surface area contributed by atoms with Crippen molar-refractivity contribution in [1.82, 2.24) is 10.6 Å². The highest BCUT2D eigenvalue weighted by atomic mass is 35.5. The minimum Gasteiger partial charge on any atom is -0.490 e. The van der Waals surface area contributed by atoms with Crippen LogP contribution in [0.4, 0.5) is 10.5 Å². The fourth-order valence-electron chi connectivity index (χ4n) is 3.46. The summed E-state index contributed by atoms with van der Waals surface area (Å²) in [7, 11) is 0. The van der Waals surface area contributed by atoms with Crippen molar-refractivity contribution in [3.05, 3.63) is 64.3 Å². The molecular formula is C24H26ClN3O6. The van der Waals surface area contributed by atoms with Crippen LogP contribution in [0.15, 0.2) is 53.7 Å². The average Bonchev–Trinajstić information content (AvgIpc) is 2.78. The Morgan fingerprint density at radius 2 is 1.82 bits per heavy atom. The van der Waals surface area contributed by atoms with Crippen molar-refractivity contribution in [2.24, 2.45) is 0 Å². The van der Waals surface area contributed by atoms with Crippen LogP contribution in [-0.2, 0) is 14.3 Å². The van der Waals surface area contributed by atoms with Crippen LogP contribution in [0.2, 0.25) is 5.02 Å². The summed E-state index contributed by atoms with van der Waals surface area (Å²) in [6.07, 6.45) is 0. The van der Waals surface area contributed by atoms with Crippen molar-refractivity contribution in [3.8, 4) is 11.5 Å². The molecule has 0 fully saturated rings. The number of rotatable bonds is 9. The Balaban J connectivity index is 1.96. The van der Waals surface area contributed by atoms with E-state index in [1.54, 1.807) is 57.2 Å². The second kappa shape index (κ2) is 11.4. The Morgan fingerprint density at radius 1 is 1.09 bits per heavy atom. The third-order valence-corrected chi connectivity index (χ3v) is 5.13. The number of anilines is 1. The zero-order valence-electron chi connectivity index (χ0n) is 19.1. The van der Waals surface area contributed by atoms with E-state index in [1.807, 2.05) is 6.07 Å². The number of amides is 3. The van der Waals surface area contributed by atoms with Crippen LogP contribution in [0.1, 0.15) is 32.4 Å². The summed E-state index contributed by atoms with van der Waals surface area (Å²) in [5.41, 5.74) is 1.82. The maximum atomic E-state index is 13.2. The summed E-state index contributed by atoms with van der Waals surface area (Å²) in [4.78, 5) is 37.1. The third kappa shape index (κ3) is 5.99.